The molecule has 0 aliphatic carbocycles. The van der Waals surface area contributed by atoms with Gasteiger partial charge < -0.3 is 4.74 Å². The van der Waals surface area contributed by atoms with Crippen molar-refractivity contribution in [3.8, 4) is 11.5 Å². The van der Waals surface area contributed by atoms with E-state index in [1.807, 2.05) is 0 Å². The van der Waals surface area contributed by atoms with E-state index in [0.717, 1.165) is 6.26 Å². The second kappa shape index (κ2) is 4.69. The predicted molar refractivity (Wildman–Crippen MR) is 61.6 cm³/mol. The largest absolute Gasteiger partial charge is 0.454 e. The van der Waals surface area contributed by atoms with Crippen molar-refractivity contribution in [1.82, 2.24) is 9.97 Å². The molecule has 94 valence electrons. The van der Waals surface area contributed by atoms with Gasteiger partial charge in [-0.2, -0.15) is 0 Å². The molecule has 2 aromatic rings. The number of aromatic nitrogens is 2. The van der Waals surface area contributed by atoms with Gasteiger partial charge in [-0.1, -0.05) is 0 Å². The van der Waals surface area contributed by atoms with Crippen LogP contribution in [0.15, 0.2) is 41.8 Å². The van der Waals surface area contributed by atoms with E-state index in [4.69, 9.17) is 4.74 Å². The zero-order chi connectivity index (χ0) is 13.2. The molecule has 0 bridgehead atoms. The minimum absolute atomic E-state index is 0.269. The van der Waals surface area contributed by atoms with Gasteiger partial charge in [-0.05, 0) is 24.3 Å². The van der Waals surface area contributed by atoms with Gasteiger partial charge in [0.1, 0.15) is 11.6 Å². The van der Waals surface area contributed by atoms with Crippen LogP contribution in [0.3, 0.4) is 0 Å². The topological polar surface area (TPSA) is 69.2 Å². The molecule has 2 rings (SSSR count). The van der Waals surface area contributed by atoms with Crippen molar-refractivity contribution in [2.75, 3.05) is 6.26 Å². The predicted octanol–water partition coefficient (Wildman–Crippen LogP) is 1.81. The van der Waals surface area contributed by atoms with Gasteiger partial charge >= 0.3 is 0 Å². The summed E-state index contributed by atoms with van der Waals surface area (Å²) in [6, 6.07) is 5.39. The maximum Gasteiger partial charge on any atom is 0.246 e. The van der Waals surface area contributed by atoms with Crippen molar-refractivity contribution in [2.24, 2.45) is 0 Å². The normalized spacial score (nSPS) is 11.2. The zero-order valence-electron chi connectivity index (χ0n) is 9.37. The average Bonchev–Trinajstić information content (AvgIpc) is 2.32. The summed E-state index contributed by atoms with van der Waals surface area (Å²) in [5.74, 6) is 0.312. The molecular formula is C11H9FN2O3S. The van der Waals surface area contributed by atoms with Crippen LogP contribution in [0.4, 0.5) is 4.39 Å². The van der Waals surface area contributed by atoms with Crippen LogP contribution in [-0.2, 0) is 9.84 Å². The van der Waals surface area contributed by atoms with E-state index < -0.39 is 9.84 Å². The van der Waals surface area contributed by atoms with Crippen LogP contribution in [0.1, 0.15) is 0 Å². The Hall–Kier alpha value is -2.02. The molecular weight excluding hydrogens is 259 g/mol. The highest BCUT2D eigenvalue weighted by Crippen LogP contribution is 2.20. The van der Waals surface area contributed by atoms with E-state index in [-0.39, 0.29) is 16.7 Å². The van der Waals surface area contributed by atoms with E-state index in [9.17, 15) is 12.8 Å². The van der Waals surface area contributed by atoms with Crippen molar-refractivity contribution >= 4 is 9.84 Å². The lowest BCUT2D eigenvalue weighted by Crippen LogP contribution is -2.03. The van der Waals surface area contributed by atoms with Gasteiger partial charge in [0.15, 0.2) is 5.75 Å². The maximum absolute atomic E-state index is 12.7. The molecule has 0 N–H and O–H groups in total. The van der Waals surface area contributed by atoms with Crippen molar-refractivity contribution in [2.45, 2.75) is 5.16 Å². The number of benzene rings is 1. The van der Waals surface area contributed by atoms with Crippen LogP contribution >= 0.6 is 0 Å². The van der Waals surface area contributed by atoms with Crippen molar-refractivity contribution < 1.29 is 17.5 Å². The van der Waals surface area contributed by atoms with E-state index in [1.54, 1.807) is 0 Å². The molecule has 0 saturated carbocycles. The van der Waals surface area contributed by atoms with Crippen molar-refractivity contribution in [3.05, 3.63) is 42.5 Å². The summed E-state index contributed by atoms with van der Waals surface area (Å²) in [6.45, 7) is 0. The van der Waals surface area contributed by atoms with Gasteiger partial charge in [-0.3, -0.25) is 0 Å². The highest BCUT2D eigenvalue weighted by Gasteiger charge is 2.10. The molecule has 0 spiro atoms. The highest BCUT2D eigenvalue weighted by molar-refractivity contribution is 7.90. The monoisotopic (exact) mass is 268 g/mol. The number of halogens is 1. The number of rotatable bonds is 3. The minimum atomic E-state index is -3.43. The maximum atomic E-state index is 12.7. The number of hydrogen-bond acceptors (Lipinski definition) is 5. The molecule has 0 atom stereocenters. The summed E-state index contributed by atoms with van der Waals surface area (Å²) in [7, 11) is -3.43. The summed E-state index contributed by atoms with van der Waals surface area (Å²) in [4.78, 5) is 7.33. The molecule has 0 aliphatic rings. The third kappa shape index (κ3) is 3.01. The first kappa shape index (κ1) is 12.4. The summed E-state index contributed by atoms with van der Waals surface area (Å²) in [6.07, 6.45) is 3.50. The second-order valence-corrected chi connectivity index (χ2v) is 5.44. The SMILES string of the molecule is CS(=O)(=O)c1ncc(Oc2ccc(F)cc2)cn1. The third-order valence-corrected chi connectivity index (χ3v) is 2.86. The van der Waals surface area contributed by atoms with Crippen molar-refractivity contribution in [1.29, 1.82) is 0 Å². The van der Waals surface area contributed by atoms with E-state index in [1.165, 1.54) is 36.7 Å². The molecule has 1 heterocycles. The molecule has 1 aromatic carbocycles. The Balaban J connectivity index is 2.18. The average molecular weight is 268 g/mol. The molecule has 0 radical (unpaired) electrons. The Morgan fingerprint density at radius 2 is 1.61 bits per heavy atom. The van der Waals surface area contributed by atoms with Crippen LogP contribution < -0.4 is 4.74 Å². The molecule has 7 heteroatoms. The van der Waals surface area contributed by atoms with E-state index in [2.05, 4.69) is 9.97 Å². The van der Waals surface area contributed by atoms with Crippen LogP contribution in [-0.4, -0.2) is 24.6 Å². The van der Waals surface area contributed by atoms with Gasteiger partial charge in [0, 0.05) is 6.26 Å². The first-order chi connectivity index (χ1) is 8.45. The lowest BCUT2D eigenvalue weighted by atomic mass is 10.3. The highest BCUT2D eigenvalue weighted by atomic mass is 32.2. The number of sulfone groups is 1. The second-order valence-electron chi connectivity index (χ2n) is 3.53. The van der Waals surface area contributed by atoms with E-state index >= 15 is 0 Å². The quantitative estimate of drug-likeness (QED) is 0.794. The number of nitrogens with zero attached hydrogens (tertiary/aromatic N) is 2. The molecule has 0 amide bonds. The van der Waals surface area contributed by atoms with Crippen LogP contribution in [0.25, 0.3) is 0 Å². The van der Waals surface area contributed by atoms with Gasteiger partial charge in [0.2, 0.25) is 15.0 Å². The van der Waals surface area contributed by atoms with E-state index in [0.29, 0.717) is 5.75 Å². The molecule has 0 fully saturated rings. The fraction of sp³-hybridized carbons (Fsp3) is 0.0909. The third-order valence-electron chi connectivity index (χ3n) is 1.99. The van der Waals surface area contributed by atoms with Gasteiger partial charge in [0.25, 0.3) is 0 Å². The first-order valence-electron chi connectivity index (χ1n) is 4.91. The van der Waals surface area contributed by atoms with Crippen molar-refractivity contribution in [3.63, 3.8) is 0 Å². The summed E-state index contributed by atoms with van der Waals surface area (Å²) in [5.41, 5.74) is 0. The molecule has 1 aromatic heterocycles. The summed E-state index contributed by atoms with van der Waals surface area (Å²) >= 11 is 0. The first-order valence-corrected chi connectivity index (χ1v) is 6.80. The Bertz CT molecular complexity index is 639. The fourth-order valence-electron chi connectivity index (χ4n) is 1.19. The molecule has 0 unspecified atom stereocenters. The zero-order valence-corrected chi connectivity index (χ0v) is 10.2. The standard InChI is InChI=1S/C11H9FN2O3S/c1-18(15,16)11-13-6-10(7-14-11)17-9-4-2-8(12)3-5-9/h2-7H,1H3. The molecule has 18 heavy (non-hydrogen) atoms. The summed E-state index contributed by atoms with van der Waals surface area (Å²) < 4.78 is 40.2. The lowest BCUT2D eigenvalue weighted by Gasteiger charge is -2.04. The summed E-state index contributed by atoms with van der Waals surface area (Å²) in [5, 5.41) is -0.269. The van der Waals surface area contributed by atoms with Crippen LogP contribution in [0.5, 0.6) is 11.5 Å². The fourth-order valence-corrected chi connectivity index (χ4v) is 1.68. The van der Waals surface area contributed by atoms with Crippen LogP contribution in [0, 0.1) is 5.82 Å². The Labute approximate surface area is 103 Å². The lowest BCUT2D eigenvalue weighted by molar-refractivity contribution is 0.472. The Morgan fingerprint density at radius 3 is 2.11 bits per heavy atom. The Kier molecular flexibility index (Phi) is 3.24. The minimum Gasteiger partial charge on any atom is -0.454 e. The Morgan fingerprint density at radius 1 is 1.06 bits per heavy atom. The molecule has 0 aliphatic heterocycles. The van der Waals surface area contributed by atoms with Gasteiger partial charge in [0.05, 0.1) is 12.4 Å². The number of hydrogen-bond donors (Lipinski definition) is 0. The number of ether oxygens (including phenoxy) is 1. The van der Waals surface area contributed by atoms with Gasteiger partial charge in [-0.15, -0.1) is 0 Å². The van der Waals surface area contributed by atoms with Gasteiger partial charge in [-0.25, -0.2) is 22.8 Å². The molecule has 5 nitrogen and oxygen atoms in total. The smallest absolute Gasteiger partial charge is 0.246 e. The van der Waals surface area contributed by atoms with Crippen LogP contribution in [0.2, 0.25) is 0 Å². The molecule has 0 saturated heterocycles.